The van der Waals surface area contributed by atoms with E-state index >= 15 is 0 Å². The number of benzene rings is 1. The number of fused-ring (bicyclic) bond motifs is 1. The SMILES string of the molecule is CCN(CC)CCN1CCN(c2ccnc3c(-c4ccc(C)cc4)cnn23)CC1. The summed E-state index contributed by atoms with van der Waals surface area (Å²) in [6.45, 7) is 15.4. The number of likely N-dealkylation sites (N-methyl/N-ethyl adjacent to an activating group) is 1. The minimum atomic E-state index is 0.926. The fraction of sp³-hybridized carbons (Fsp3) is 0.478. The summed E-state index contributed by atoms with van der Waals surface area (Å²) in [5.74, 6) is 1.14. The van der Waals surface area contributed by atoms with Gasteiger partial charge in [0.1, 0.15) is 5.82 Å². The molecule has 1 aliphatic rings. The van der Waals surface area contributed by atoms with E-state index in [1.807, 2.05) is 16.9 Å². The van der Waals surface area contributed by atoms with Gasteiger partial charge in [-0.1, -0.05) is 43.7 Å². The molecule has 0 spiro atoms. The zero-order valence-electron chi connectivity index (χ0n) is 17.9. The summed E-state index contributed by atoms with van der Waals surface area (Å²) in [4.78, 5) is 12.1. The molecule has 0 unspecified atom stereocenters. The van der Waals surface area contributed by atoms with Crippen LogP contribution in [0.15, 0.2) is 42.7 Å². The molecule has 1 aromatic carbocycles. The summed E-state index contributed by atoms with van der Waals surface area (Å²) < 4.78 is 2.00. The Balaban J connectivity index is 1.47. The van der Waals surface area contributed by atoms with Crippen LogP contribution < -0.4 is 4.90 Å². The zero-order valence-corrected chi connectivity index (χ0v) is 17.9. The van der Waals surface area contributed by atoms with Gasteiger partial charge in [0.15, 0.2) is 5.65 Å². The predicted octanol–water partition coefficient (Wildman–Crippen LogP) is 3.17. The standard InChI is InChI=1S/C23H32N6/c1-4-26(5-2)12-13-27-14-16-28(17-15-27)22-10-11-24-23-21(18-25-29(22)23)20-8-6-19(3)7-9-20/h6-11,18H,4-5,12-17H2,1-3H3. The maximum Gasteiger partial charge on any atom is 0.165 e. The number of hydrogen-bond acceptors (Lipinski definition) is 5. The van der Waals surface area contributed by atoms with Crippen molar-refractivity contribution in [1.29, 1.82) is 0 Å². The van der Waals surface area contributed by atoms with Crippen molar-refractivity contribution >= 4 is 11.5 Å². The lowest BCUT2D eigenvalue weighted by atomic mass is 10.1. The molecule has 0 amide bonds. The molecule has 6 heteroatoms. The van der Waals surface area contributed by atoms with Crippen molar-refractivity contribution in [3.05, 3.63) is 48.3 Å². The zero-order chi connectivity index (χ0) is 20.2. The Hall–Kier alpha value is -2.44. The van der Waals surface area contributed by atoms with E-state index in [4.69, 9.17) is 0 Å². The average molecular weight is 393 g/mol. The number of piperazine rings is 1. The monoisotopic (exact) mass is 392 g/mol. The van der Waals surface area contributed by atoms with Crippen LogP contribution in [0.1, 0.15) is 19.4 Å². The molecule has 1 saturated heterocycles. The minimum absolute atomic E-state index is 0.926. The highest BCUT2D eigenvalue weighted by Gasteiger charge is 2.20. The van der Waals surface area contributed by atoms with Gasteiger partial charge in [0.05, 0.1) is 6.20 Å². The third-order valence-electron chi connectivity index (χ3n) is 6.07. The third-order valence-corrected chi connectivity index (χ3v) is 6.07. The molecule has 0 aliphatic carbocycles. The van der Waals surface area contributed by atoms with Crippen LogP contribution in [-0.4, -0.2) is 76.8 Å². The van der Waals surface area contributed by atoms with Crippen molar-refractivity contribution in [3.63, 3.8) is 0 Å². The van der Waals surface area contributed by atoms with Gasteiger partial charge in [0, 0.05) is 51.0 Å². The van der Waals surface area contributed by atoms with Crippen LogP contribution in [0.2, 0.25) is 0 Å². The van der Waals surface area contributed by atoms with E-state index in [-0.39, 0.29) is 0 Å². The Bertz CT molecular complexity index is 920. The van der Waals surface area contributed by atoms with Crippen LogP contribution in [0.4, 0.5) is 5.82 Å². The molecule has 0 atom stereocenters. The maximum absolute atomic E-state index is 4.69. The van der Waals surface area contributed by atoms with Crippen molar-refractivity contribution in [2.75, 3.05) is 57.3 Å². The van der Waals surface area contributed by atoms with E-state index in [0.717, 1.165) is 74.9 Å². The van der Waals surface area contributed by atoms with E-state index < -0.39 is 0 Å². The Morgan fingerprint density at radius 3 is 2.38 bits per heavy atom. The van der Waals surface area contributed by atoms with Gasteiger partial charge in [0.2, 0.25) is 0 Å². The van der Waals surface area contributed by atoms with Crippen molar-refractivity contribution in [2.45, 2.75) is 20.8 Å². The molecule has 4 rings (SSSR count). The summed E-state index contributed by atoms with van der Waals surface area (Å²) in [7, 11) is 0. The van der Waals surface area contributed by atoms with Gasteiger partial charge < -0.3 is 9.80 Å². The van der Waals surface area contributed by atoms with E-state index in [1.54, 1.807) is 0 Å². The molecule has 6 nitrogen and oxygen atoms in total. The van der Waals surface area contributed by atoms with Gasteiger partial charge >= 0.3 is 0 Å². The van der Waals surface area contributed by atoms with Gasteiger partial charge in [-0.05, 0) is 31.6 Å². The smallest absolute Gasteiger partial charge is 0.165 e. The minimum Gasteiger partial charge on any atom is -0.354 e. The van der Waals surface area contributed by atoms with Gasteiger partial charge in [-0.25, -0.2) is 4.98 Å². The molecule has 0 radical (unpaired) electrons. The molecule has 0 bridgehead atoms. The molecule has 0 saturated carbocycles. The first-order chi connectivity index (χ1) is 14.2. The number of anilines is 1. The van der Waals surface area contributed by atoms with E-state index in [2.05, 4.69) is 75.9 Å². The summed E-state index contributed by atoms with van der Waals surface area (Å²) in [6.07, 6.45) is 3.85. The van der Waals surface area contributed by atoms with Crippen LogP contribution in [0, 0.1) is 6.92 Å². The first-order valence-electron chi connectivity index (χ1n) is 10.8. The molecule has 154 valence electrons. The van der Waals surface area contributed by atoms with E-state index in [0.29, 0.717) is 0 Å². The molecule has 2 aromatic heterocycles. The van der Waals surface area contributed by atoms with Gasteiger partial charge in [-0.15, -0.1) is 0 Å². The lowest BCUT2D eigenvalue weighted by Gasteiger charge is -2.36. The van der Waals surface area contributed by atoms with E-state index in [9.17, 15) is 0 Å². The normalized spacial score (nSPS) is 15.5. The van der Waals surface area contributed by atoms with Crippen LogP contribution in [0.3, 0.4) is 0 Å². The van der Waals surface area contributed by atoms with Gasteiger partial charge in [-0.2, -0.15) is 9.61 Å². The van der Waals surface area contributed by atoms with Crippen LogP contribution >= 0.6 is 0 Å². The average Bonchev–Trinajstić information content (AvgIpc) is 3.20. The summed E-state index contributed by atoms with van der Waals surface area (Å²) in [5.41, 5.74) is 4.44. The summed E-state index contributed by atoms with van der Waals surface area (Å²) in [5, 5.41) is 4.69. The fourth-order valence-electron chi connectivity index (χ4n) is 4.08. The van der Waals surface area contributed by atoms with Crippen LogP contribution in [0.25, 0.3) is 16.8 Å². The topological polar surface area (TPSA) is 39.9 Å². The van der Waals surface area contributed by atoms with Crippen molar-refractivity contribution < 1.29 is 0 Å². The van der Waals surface area contributed by atoms with Gasteiger partial charge in [0.25, 0.3) is 0 Å². The molecule has 1 aliphatic heterocycles. The number of aryl methyl sites for hydroxylation is 1. The Morgan fingerprint density at radius 1 is 0.966 bits per heavy atom. The van der Waals surface area contributed by atoms with E-state index in [1.165, 1.54) is 5.56 Å². The quantitative estimate of drug-likeness (QED) is 0.618. The molecule has 1 fully saturated rings. The van der Waals surface area contributed by atoms with Crippen molar-refractivity contribution in [2.24, 2.45) is 0 Å². The molecular weight excluding hydrogens is 360 g/mol. The number of aromatic nitrogens is 3. The Morgan fingerprint density at radius 2 is 1.69 bits per heavy atom. The van der Waals surface area contributed by atoms with Crippen LogP contribution in [0.5, 0.6) is 0 Å². The predicted molar refractivity (Wildman–Crippen MR) is 120 cm³/mol. The largest absolute Gasteiger partial charge is 0.354 e. The molecule has 3 heterocycles. The van der Waals surface area contributed by atoms with Crippen molar-refractivity contribution in [3.8, 4) is 11.1 Å². The second-order valence-corrected chi connectivity index (χ2v) is 7.82. The van der Waals surface area contributed by atoms with Crippen molar-refractivity contribution in [1.82, 2.24) is 24.4 Å². The highest BCUT2D eigenvalue weighted by molar-refractivity contribution is 5.78. The number of rotatable bonds is 7. The number of nitrogens with zero attached hydrogens (tertiary/aromatic N) is 6. The number of hydrogen-bond donors (Lipinski definition) is 0. The first-order valence-corrected chi connectivity index (χ1v) is 10.8. The maximum atomic E-state index is 4.69. The molecule has 0 N–H and O–H groups in total. The lowest BCUT2D eigenvalue weighted by Crippen LogP contribution is -2.49. The lowest BCUT2D eigenvalue weighted by molar-refractivity contribution is 0.205. The second-order valence-electron chi connectivity index (χ2n) is 7.82. The third kappa shape index (κ3) is 4.28. The van der Waals surface area contributed by atoms with Gasteiger partial charge in [-0.3, -0.25) is 4.90 Å². The highest BCUT2D eigenvalue weighted by Crippen LogP contribution is 2.26. The van der Waals surface area contributed by atoms with Crippen LogP contribution in [-0.2, 0) is 0 Å². The Labute approximate surface area is 173 Å². The fourth-order valence-corrected chi connectivity index (χ4v) is 4.08. The summed E-state index contributed by atoms with van der Waals surface area (Å²) >= 11 is 0. The highest BCUT2D eigenvalue weighted by atomic mass is 15.4. The second kappa shape index (κ2) is 8.93. The Kier molecular flexibility index (Phi) is 6.11. The first kappa shape index (κ1) is 19.9. The summed E-state index contributed by atoms with van der Waals surface area (Å²) in [6, 6.07) is 10.7. The molecule has 3 aromatic rings. The molecule has 29 heavy (non-hydrogen) atoms. The molecular formula is C23H32N6.